The van der Waals surface area contributed by atoms with Crippen molar-refractivity contribution in [1.82, 2.24) is 9.55 Å². The van der Waals surface area contributed by atoms with Crippen LogP contribution in [0.1, 0.15) is 13.0 Å². The van der Waals surface area contributed by atoms with Crippen molar-refractivity contribution >= 4 is 0 Å². The quantitative estimate of drug-likeness (QED) is 0.620. The predicted octanol–water partition coefficient (Wildman–Crippen LogP) is 2.01. The van der Waals surface area contributed by atoms with Gasteiger partial charge in [-0.15, -0.1) is 0 Å². The van der Waals surface area contributed by atoms with Gasteiger partial charge in [-0.3, -0.25) is 0 Å². The van der Waals surface area contributed by atoms with E-state index in [4.69, 9.17) is 0 Å². The molecule has 62 valence electrons. The molecule has 0 radical (unpaired) electrons. The lowest BCUT2D eigenvalue weighted by Gasteiger charge is -2.15. The SMILES string of the molecule is CC(n1ccnc1)C(F)(F)F. The summed E-state index contributed by atoms with van der Waals surface area (Å²) < 4.78 is 36.9. The molecule has 0 aliphatic carbocycles. The molecule has 1 atom stereocenters. The van der Waals surface area contributed by atoms with E-state index in [0.29, 0.717) is 0 Å². The first-order valence-electron chi connectivity index (χ1n) is 3.06. The summed E-state index contributed by atoms with van der Waals surface area (Å²) in [5, 5.41) is 0. The molecule has 11 heavy (non-hydrogen) atoms. The highest BCUT2D eigenvalue weighted by Gasteiger charge is 2.36. The second kappa shape index (κ2) is 2.56. The van der Waals surface area contributed by atoms with E-state index < -0.39 is 12.2 Å². The van der Waals surface area contributed by atoms with E-state index in [-0.39, 0.29) is 0 Å². The molecule has 2 nitrogen and oxygen atoms in total. The van der Waals surface area contributed by atoms with Crippen LogP contribution in [0.25, 0.3) is 0 Å². The molecule has 1 aromatic rings. The van der Waals surface area contributed by atoms with Crippen molar-refractivity contribution in [3.63, 3.8) is 0 Å². The molecule has 0 saturated heterocycles. The van der Waals surface area contributed by atoms with Crippen LogP contribution in [0.3, 0.4) is 0 Å². The van der Waals surface area contributed by atoms with E-state index in [0.717, 1.165) is 17.8 Å². The standard InChI is InChI=1S/C6H7F3N2/c1-5(6(7,8)9)11-3-2-10-4-11/h2-5H,1H3. The topological polar surface area (TPSA) is 17.8 Å². The minimum Gasteiger partial charge on any atom is -0.326 e. The lowest BCUT2D eigenvalue weighted by molar-refractivity contribution is -0.162. The van der Waals surface area contributed by atoms with Crippen LogP contribution in [-0.2, 0) is 0 Å². The summed E-state index contributed by atoms with van der Waals surface area (Å²) in [4.78, 5) is 3.52. The number of nitrogens with zero attached hydrogens (tertiary/aromatic N) is 2. The fourth-order valence-electron chi connectivity index (χ4n) is 0.668. The molecule has 0 aliphatic heterocycles. The molecular formula is C6H7F3N2. The highest BCUT2D eigenvalue weighted by Crippen LogP contribution is 2.29. The van der Waals surface area contributed by atoms with Crippen molar-refractivity contribution in [1.29, 1.82) is 0 Å². The monoisotopic (exact) mass is 164 g/mol. The number of imidazole rings is 1. The minimum atomic E-state index is -4.19. The van der Waals surface area contributed by atoms with E-state index >= 15 is 0 Å². The van der Waals surface area contributed by atoms with Crippen molar-refractivity contribution in [2.24, 2.45) is 0 Å². The summed E-state index contributed by atoms with van der Waals surface area (Å²) in [7, 11) is 0. The van der Waals surface area contributed by atoms with Crippen LogP contribution < -0.4 is 0 Å². The van der Waals surface area contributed by atoms with E-state index in [2.05, 4.69) is 4.98 Å². The average molecular weight is 164 g/mol. The average Bonchev–Trinajstić information content (AvgIpc) is 2.34. The summed E-state index contributed by atoms with van der Waals surface area (Å²) in [6.45, 7) is 1.08. The molecule has 0 saturated carbocycles. The highest BCUT2D eigenvalue weighted by atomic mass is 19.4. The molecular weight excluding hydrogens is 157 g/mol. The maximum atomic E-state index is 12.0. The Kier molecular flexibility index (Phi) is 1.89. The number of alkyl halides is 3. The third-order valence-corrected chi connectivity index (χ3v) is 1.45. The van der Waals surface area contributed by atoms with Gasteiger partial charge in [0.05, 0.1) is 6.33 Å². The van der Waals surface area contributed by atoms with E-state index in [9.17, 15) is 13.2 Å². The Morgan fingerprint density at radius 1 is 1.45 bits per heavy atom. The number of aromatic nitrogens is 2. The van der Waals surface area contributed by atoms with Crippen LogP contribution in [0.5, 0.6) is 0 Å². The Hall–Kier alpha value is -1.00. The van der Waals surface area contributed by atoms with Crippen LogP contribution in [0, 0.1) is 0 Å². The molecule has 1 unspecified atom stereocenters. The zero-order chi connectivity index (χ0) is 8.48. The van der Waals surface area contributed by atoms with Crippen LogP contribution in [0.4, 0.5) is 13.2 Å². The normalized spacial score (nSPS) is 14.9. The third-order valence-electron chi connectivity index (χ3n) is 1.45. The predicted molar refractivity (Wildman–Crippen MR) is 33.0 cm³/mol. The molecule has 5 heteroatoms. The highest BCUT2D eigenvalue weighted by molar-refractivity contribution is 4.81. The van der Waals surface area contributed by atoms with E-state index in [1.54, 1.807) is 0 Å². The van der Waals surface area contributed by atoms with Gasteiger partial charge < -0.3 is 4.57 Å². The Morgan fingerprint density at radius 3 is 2.45 bits per heavy atom. The molecule has 0 aliphatic rings. The van der Waals surface area contributed by atoms with Gasteiger partial charge in [0.2, 0.25) is 0 Å². The number of hydrogen-bond acceptors (Lipinski definition) is 1. The van der Waals surface area contributed by atoms with Crippen LogP contribution in [0.2, 0.25) is 0 Å². The van der Waals surface area contributed by atoms with Crippen molar-refractivity contribution in [3.8, 4) is 0 Å². The fourth-order valence-corrected chi connectivity index (χ4v) is 0.668. The Morgan fingerprint density at radius 2 is 2.09 bits per heavy atom. The second-order valence-corrected chi connectivity index (χ2v) is 2.23. The lowest BCUT2D eigenvalue weighted by Crippen LogP contribution is -2.22. The maximum absolute atomic E-state index is 12.0. The first-order valence-corrected chi connectivity index (χ1v) is 3.06. The molecule has 1 aromatic heterocycles. The zero-order valence-corrected chi connectivity index (χ0v) is 5.84. The van der Waals surface area contributed by atoms with Gasteiger partial charge in [0.15, 0.2) is 0 Å². The largest absolute Gasteiger partial charge is 0.408 e. The van der Waals surface area contributed by atoms with Gasteiger partial charge >= 0.3 is 6.18 Å². The number of hydrogen-bond donors (Lipinski definition) is 0. The molecule has 0 fully saturated rings. The number of rotatable bonds is 1. The van der Waals surface area contributed by atoms with Gasteiger partial charge in [-0.2, -0.15) is 13.2 Å². The molecule has 0 amide bonds. The van der Waals surface area contributed by atoms with Gasteiger partial charge in [0.25, 0.3) is 0 Å². The summed E-state index contributed by atoms with van der Waals surface area (Å²) in [5.41, 5.74) is 0. The van der Waals surface area contributed by atoms with Gasteiger partial charge in [0.1, 0.15) is 6.04 Å². The first-order chi connectivity index (χ1) is 5.02. The van der Waals surface area contributed by atoms with Gasteiger partial charge in [0, 0.05) is 12.4 Å². The first kappa shape index (κ1) is 8.10. The van der Waals surface area contributed by atoms with E-state index in [1.807, 2.05) is 0 Å². The molecule has 1 heterocycles. The summed E-state index contributed by atoms with van der Waals surface area (Å²) in [5.74, 6) is 0. The molecule has 1 rings (SSSR count). The molecule has 0 aromatic carbocycles. The summed E-state index contributed by atoms with van der Waals surface area (Å²) in [6.07, 6.45) is -0.431. The van der Waals surface area contributed by atoms with E-state index in [1.165, 1.54) is 12.4 Å². The van der Waals surface area contributed by atoms with Crippen LogP contribution in [-0.4, -0.2) is 15.7 Å². The molecule has 0 bridgehead atoms. The van der Waals surface area contributed by atoms with Gasteiger partial charge in [-0.1, -0.05) is 0 Å². The minimum absolute atomic E-state index is 1.01. The van der Waals surface area contributed by atoms with Crippen LogP contribution in [0.15, 0.2) is 18.7 Å². The van der Waals surface area contributed by atoms with Gasteiger partial charge in [-0.25, -0.2) is 4.98 Å². The molecule has 0 N–H and O–H groups in total. The summed E-state index contributed by atoms with van der Waals surface area (Å²) >= 11 is 0. The fraction of sp³-hybridized carbons (Fsp3) is 0.500. The van der Waals surface area contributed by atoms with Gasteiger partial charge in [-0.05, 0) is 6.92 Å². The van der Waals surface area contributed by atoms with Crippen molar-refractivity contribution in [3.05, 3.63) is 18.7 Å². The Labute approximate surface area is 61.7 Å². The summed E-state index contributed by atoms with van der Waals surface area (Å²) in [6, 6.07) is -1.50. The van der Waals surface area contributed by atoms with Crippen molar-refractivity contribution in [2.75, 3.05) is 0 Å². The third kappa shape index (κ3) is 1.72. The lowest BCUT2D eigenvalue weighted by atomic mass is 10.3. The molecule has 0 spiro atoms. The smallest absolute Gasteiger partial charge is 0.326 e. The van der Waals surface area contributed by atoms with Crippen LogP contribution >= 0.6 is 0 Å². The Balaban J connectivity index is 2.78. The maximum Gasteiger partial charge on any atom is 0.408 e. The number of halogens is 3. The van der Waals surface area contributed by atoms with Crippen molar-refractivity contribution < 1.29 is 13.2 Å². The Bertz CT molecular complexity index is 214. The van der Waals surface area contributed by atoms with Crippen molar-refractivity contribution in [2.45, 2.75) is 19.1 Å². The zero-order valence-electron chi connectivity index (χ0n) is 5.84. The second-order valence-electron chi connectivity index (χ2n) is 2.23.